The molecular weight excluding hydrogens is 228 g/mol. The number of nitrogens with two attached hydrogens (primary N) is 1. The van der Waals surface area contributed by atoms with Crippen molar-refractivity contribution in [3.8, 4) is 0 Å². The monoisotopic (exact) mass is 240 g/mol. The molecule has 80 valence electrons. The summed E-state index contributed by atoms with van der Waals surface area (Å²) < 4.78 is 2.97. The molecule has 2 N–H and O–H groups in total. The molecular formula is C9H12N4S2. The summed E-state index contributed by atoms with van der Waals surface area (Å²) in [5.41, 5.74) is 7.37. The molecule has 0 radical (unpaired) electrons. The van der Waals surface area contributed by atoms with E-state index in [0.29, 0.717) is 5.69 Å². The predicted molar refractivity (Wildman–Crippen MR) is 64.2 cm³/mol. The predicted octanol–water partition coefficient (Wildman–Crippen LogP) is 2.02. The van der Waals surface area contributed by atoms with Gasteiger partial charge in [-0.25, -0.2) is 4.98 Å². The van der Waals surface area contributed by atoms with E-state index in [1.165, 1.54) is 0 Å². The Kier molecular flexibility index (Phi) is 3.27. The highest BCUT2D eigenvalue weighted by Gasteiger charge is 2.00. The van der Waals surface area contributed by atoms with E-state index in [4.69, 9.17) is 5.73 Å². The summed E-state index contributed by atoms with van der Waals surface area (Å²) >= 11 is 3.44. The minimum absolute atomic E-state index is 0.713. The van der Waals surface area contributed by atoms with Gasteiger partial charge >= 0.3 is 0 Å². The molecule has 0 saturated heterocycles. The van der Waals surface area contributed by atoms with Gasteiger partial charge in [0.15, 0.2) is 0 Å². The number of thioether (sulfide) groups is 1. The molecule has 0 spiro atoms. The Labute approximate surface area is 96.5 Å². The van der Waals surface area contributed by atoms with Crippen LogP contribution in [0.3, 0.4) is 0 Å². The zero-order valence-electron chi connectivity index (χ0n) is 8.38. The van der Waals surface area contributed by atoms with Crippen LogP contribution in [0, 0.1) is 6.92 Å². The van der Waals surface area contributed by atoms with Gasteiger partial charge in [-0.15, -0.1) is 11.3 Å². The Morgan fingerprint density at radius 3 is 3.07 bits per heavy atom. The molecule has 0 bridgehead atoms. The molecule has 0 saturated carbocycles. The highest BCUT2D eigenvalue weighted by atomic mass is 32.2. The average molecular weight is 240 g/mol. The third-order valence-electron chi connectivity index (χ3n) is 1.80. The number of anilines is 1. The Balaban J connectivity index is 1.80. The van der Waals surface area contributed by atoms with E-state index < -0.39 is 0 Å². The molecule has 0 aromatic carbocycles. The van der Waals surface area contributed by atoms with Gasteiger partial charge in [-0.3, -0.25) is 4.68 Å². The lowest BCUT2D eigenvalue weighted by Gasteiger charge is -1.98. The summed E-state index contributed by atoms with van der Waals surface area (Å²) in [5, 5.41) is 6.18. The van der Waals surface area contributed by atoms with Crippen LogP contribution >= 0.6 is 23.1 Å². The molecule has 0 unspecified atom stereocenters. The van der Waals surface area contributed by atoms with Gasteiger partial charge < -0.3 is 5.73 Å². The fourth-order valence-electron chi connectivity index (χ4n) is 1.13. The first-order valence-electron chi connectivity index (χ1n) is 4.57. The number of rotatable bonds is 4. The molecule has 0 aliphatic heterocycles. The summed E-state index contributed by atoms with van der Waals surface area (Å²) in [7, 11) is 0. The van der Waals surface area contributed by atoms with E-state index >= 15 is 0 Å². The van der Waals surface area contributed by atoms with Crippen molar-refractivity contribution in [2.45, 2.75) is 17.8 Å². The largest absolute Gasteiger partial charge is 0.396 e. The number of nitrogen functional groups attached to an aromatic ring is 1. The van der Waals surface area contributed by atoms with Crippen LogP contribution in [0.25, 0.3) is 0 Å². The van der Waals surface area contributed by atoms with E-state index in [-0.39, 0.29) is 0 Å². The number of aryl methyl sites for hydroxylation is 2. The van der Waals surface area contributed by atoms with Crippen LogP contribution in [0.1, 0.15) is 5.69 Å². The Bertz CT molecular complexity index is 395. The summed E-state index contributed by atoms with van der Waals surface area (Å²) in [4.78, 5) is 4.37. The first-order chi connectivity index (χ1) is 7.24. The van der Waals surface area contributed by atoms with Gasteiger partial charge in [-0.05, 0) is 6.92 Å². The third-order valence-corrected chi connectivity index (χ3v) is 3.92. The van der Waals surface area contributed by atoms with E-state index in [9.17, 15) is 0 Å². The molecule has 15 heavy (non-hydrogen) atoms. The number of hydrogen-bond acceptors (Lipinski definition) is 5. The zero-order chi connectivity index (χ0) is 10.7. The molecule has 0 amide bonds. The second-order valence-corrected chi connectivity index (χ2v) is 5.34. The Morgan fingerprint density at radius 2 is 2.47 bits per heavy atom. The minimum Gasteiger partial charge on any atom is -0.396 e. The van der Waals surface area contributed by atoms with Gasteiger partial charge in [0.1, 0.15) is 4.34 Å². The molecule has 2 aromatic heterocycles. The molecule has 4 nitrogen and oxygen atoms in total. The zero-order valence-corrected chi connectivity index (χ0v) is 10.0. The lowest BCUT2D eigenvalue weighted by Crippen LogP contribution is -2.00. The van der Waals surface area contributed by atoms with Gasteiger partial charge in [0.2, 0.25) is 0 Å². The van der Waals surface area contributed by atoms with Crippen molar-refractivity contribution in [2.75, 3.05) is 11.5 Å². The maximum Gasteiger partial charge on any atom is 0.150 e. The number of hydrogen-bond donors (Lipinski definition) is 1. The highest BCUT2D eigenvalue weighted by molar-refractivity contribution is 8.00. The van der Waals surface area contributed by atoms with Crippen LogP contribution < -0.4 is 5.73 Å². The lowest BCUT2D eigenvalue weighted by molar-refractivity contribution is 0.666. The van der Waals surface area contributed by atoms with E-state index in [1.807, 2.05) is 17.8 Å². The number of nitrogens with zero attached hydrogens (tertiary/aromatic N) is 3. The number of aromatic nitrogens is 3. The van der Waals surface area contributed by atoms with Crippen molar-refractivity contribution in [3.05, 3.63) is 23.5 Å². The minimum atomic E-state index is 0.713. The fourth-order valence-corrected chi connectivity index (χ4v) is 2.98. The quantitative estimate of drug-likeness (QED) is 0.831. The lowest BCUT2D eigenvalue weighted by atomic mass is 10.6. The van der Waals surface area contributed by atoms with Gasteiger partial charge in [0, 0.05) is 23.0 Å². The highest BCUT2D eigenvalue weighted by Crippen LogP contribution is 2.22. The maximum absolute atomic E-state index is 5.56. The molecule has 0 fully saturated rings. The van der Waals surface area contributed by atoms with Crippen molar-refractivity contribution in [3.63, 3.8) is 0 Å². The van der Waals surface area contributed by atoms with Crippen LogP contribution in [0.15, 0.2) is 22.1 Å². The smallest absolute Gasteiger partial charge is 0.150 e. The Hall–Kier alpha value is -1.01. The van der Waals surface area contributed by atoms with Crippen LogP contribution in [-0.4, -0.2) is 20.5 Å². The van der Waals surface area contributed by atoms with E-state index in [2.05, 4.69) is 15.5 Å². The Morgan fingerprint density at radius 1 is 1.60 bits per heavy atom. The van der Waals surface area contributed by atoms with E-state index in [0.717, 1.165) is 22.3 Å². The number of thiazole rings is 1. The summed E-state index contributed by atoms with van der Waals surface area (Å²) in [6.07, 6.45) is 3.51. The summed E-state index contributed by atoms with van der Waals surface area (Å²) in [6, 6.07) is 0. The van der Waals surface area contributed by atoms with Gasteiger partial charge in [0.25, 0.3) is 0 Å². The molecule has 0 aliphatic carbocycles. The van der Waals surface area contributed by atoms with Gasteiger partial charge in [0.05, 0.1) is 18.4 Å². The molecule has 0 atom stereocenters. The van der Waals surface area contributed by atoms with Crippen LogP contribution in [0.5, 0.6) is 0 Å². The van der Waals surface area contributed by atoms with Crippen LogP contribution in [0.2, 0.25) is 0 Å². The third kappa shape index (κ3) is 2.97. The van der Waals surface area contributed by atoms with Crippen molar-refractivity contribution in [2.24, 2.45) is 0 Å². The van der Waals surface area contributed by atoms with Crippen molar-refractivity contribution in [1.29, 1.82) is 0 Å². The van der Waals surface area contributed by atoms with Crippen LogP contribution in [-0.2, 0) is 6.54 Å². The summed E-state index contributed by atoms with van der Waals surface area (Å²) in [5.74, 6) is 0.966. The SMILES string of the molecule is Cc1csc(SCCn2cc(N)cn2)n1. The van der Waals surface area contributed by atoms with Crippen LogP contribution in [0.4, 0.5) is 5.69 Å². The first kappa shape index (κ1) is 10.5. The van der Waals surface area contributed by atoms with E-state index in [1.54, 1.807) is 29.3 Å². The molecule has 2 heterocycles. The normalized spacial score (nSPS) is 10.7. The molecule has 0 aliphatic rings. The topological polar surface area (TPSA) is 56.7 Å². The summed E-state index contributed by atoms with van der Waals surface area (Å²) in [6.45, 7) is 2.87. The van der Waals surface area contributed by atoms with Crippen molar-refractivity contribution in [1.82, 2.24) is 14.8 Å². The molecule has 2 rings (SSSR count). The van der Waals surface area contributed by atoms with Gasteiger partial charge in [-0.1, -0.05) is 11.8 Å². The van der Waals surface area contributed by atoms with Gasteiger partial charge in [-0.2, -0.15) is 5.10 Å². The van der Waals surface area contributed by atoms with Crippen molar-refractivity contribution < 1.29 is 0 Å². The fraction of sp³-hybridized carbons (Fsp3) is 0.333. The maximum atomic E-state index is 5.56. The second-order valence-electron chi connectivity index (χ2n) is 3.14. The molecule has 6 heteroatoms. The van der Waals surface area contributed by atoms with Crippen molar-refractivity contribution >= 4 is 28.8 Å². The first-order valence-corrected chi connectivity index (χ1v) is 6.43. The second kappa shape index (κ2) is 4.67. The molecule has 2 aromatic rings. The average Bonchev–Trinajstić information content (AvgIpc) is 2.76. The standard InChI is InChI=1S/C9H12N4S2/c1-7-6-15-9(12-7)14-3-2-13-5-8(10)4-11-13/h4-6H,2-3,10H2,1H3.